The normalized spacial score (nSPS) is 12.1. The van der Waals surface area contributed by atoms with Crippen LogP contribution < -0.4 is 9.47 Å². The fourth-order valence-corrected chi connectivity index (χ4v) is 2.00. The third-order valence-corrected chi connectivity index (χ3v) is 2.95. The second-order valence-electron chi connectivity index (χ2n) is 5.32. The van der Waals surface area contributed by atoms with Crippen LogP contribution in [0.5, 0.6) is 11.5 Å². The molecule has 1 atom stereocenters. The number of alkyl halides is 1. The molecule has 122 valence electrons. The minimum Gasteiger partial charge on any atom is -0.490 e. The zero-order valence-corrected chi connectivity index (χ0v) is 13.5. The lowest BCUT2D eigenvalue weighted by atomic mass is 9.98. The number of carbonyl (C=O) groups excluding carboxylic acids is 2. The molecule has 0 aliphatic rings. The Labute approximate surface area is 130 Å². The third kappa shape index (κ3) is 4.83. The molecular weight excluding hydrogens is 287 g/mol. The molecule has 0 saturated heterocycles. The van der Waals surface area contributed by atoms with Gasteiger partial charge < -0.3 is 9.47 Å². The molecule has 0 fully saturated rings. The van der Waals surface area contributed by atoms with E-state index < -0.39 is 17.7 Å². The zero-order valence-electron chi connectivity index (χ0n) is 13.5. The van der Waals surface area contributed by atoms with Gasteiger partial charge in [0.05, 0.1) is 13.2 Å². The van der Waals surface area contributed by atoms with Crippen LogP contribution in [-0.2, 0) is 4.79 Å². The summed E-state index contributed by atoms with van der Waals surface area (Å²) in [6, 6.07) is 4.43. The van der Waals surface area contributed by atoms with E-state index in [1.54, 1.807) is 26.8 Å². The molecule has 0 aliphatic heterocycles. The molecule has 0 radical (unpaired) electrons. The van der Waals surface area contributed by atoms with E-state index in [-0.39, 0.29) is 17.9 Å². The first-order chi connectivity index (χ1) is 10.4. The fraction of sp³-hybridized carbons (Fsp3) is 0.529. The molecule has 1 aromatic rings. The van der Waals surface area contributed by atoms with E-state index in [0.717, 1.165) is 0 Å². The zero-order chi connectivity index (χ0) is 16.7. The van der Waals surface area contributed by atoms with Gasteiger partial charge in [0.25, 0.3) is 0 Å². The van der Waals surface area contributed by atoms with Gasteiger partial charge >= 0.3 is 0 Å². The second kappa shape index (κ2) is 8.51. The highest BCUT2D eigenvalue weighted by atomic mass is 19.1. The van der Waals surface area contributed by atoms with Crippen molar-refractivity contribution in [1.29, 1.82) is 0 Å². The van der Waals surface area contributed by atoms with E-state index in [1.807, 2.05) is 6.92 Å². The Morgan fingerprint density at radius 1 is 1.09 bits per heavy atom. The first-order valence-electron chi connectivity index (χ1n) is 7.51. The number of hydrogen-bond acceptors (Lipinski definition) is 4. The Hall–Kier alpha value is -1.91. The molecule has 0 N–H and O–H groups in total. The largest absolute Gasteiger partial charge is 0.490 e. The Bertz CT molecular complexity index is 525. The van der Waals surface area contributed by atoms with Gasteiger partial charge in [-0.15, -0.1) is 0 Å². The highest BCUT2D eigenvalue weighted by molar-refractivity contribution is 6.13. The summed E-state index contributed by atoms with van der Waals surface area (Å²) >= 11 is 0. The minimum absolute atomic E-state index is 0.0119. The summed E-state index contributed by atoms with van der Waals surface area (Å²) in [5, 5.41) is 0. The smallest absolute Gasteiger partial charge is 0.220 e. The van der Waals surface area contributed by atoms with Crippen LogP contribution in [0.3, 0.4) is 0 Å². The number of hydrogen-bond donors (Lipinski definition) is 0. The van der Waals surface area contributed by atoms with Gasteiger partial charge in [0.1, 0.15) is 0 Å². The molecule has 0 spiro atoms. The van der Waals surface area contributed by atoms with E-state index >= 15 is 0 Å². The van der Waals surface area contributed by atoms with Crippen LogP contribution in [0.15, 0.2) is 18.2 Å². The maximum Gasteiger partial charge on any atom is 0.220 e. The average Bonchev–Trinajstić information content (AvgIpc) is 2.47. The molecule has 0 amide bonds. The monoisotopic (exact) mass is 310 g/mol. The number of benzene rings is 1. The number of ether oxygens (including phenoxy) is 2. The van der Waals surface area contributed by atoms with E-state index in [9.17, 15) is 14.0 Å². The van der Waals surface area contributed by atoms with Crippen LogP contribution in [0.2, 0.25) is 0 Å². The number of Topliss-reactive ketones (excluding diaryl/α,β-unsaturated/α-hetero) is 2. The maximum atomic E-state index is 14.0. The Morgan fingerprint density at radius 3 is 2.23 bits per heavy atom. The summed E-state index contributed by atoms with van der Waals surface area (Å²) in [5.74, 6) is -0.650. The number of ketones is 2. The summed E-state index contributed by atoms with van der Waals surface area (Å²) in [5.41, 5.74) is 0.108. The predicted octanol–water partition coefficient (Wildman–Crippen LogP) is 3.62. The SMILES string of the molecule is CCOc1ccc(C(=O)C(F)C(=O)CC(C)C)cc1OCC. The highest BCUT2D eigenvalue weighted by Gasteiger charge is 2.28. The van der Waals surface area contributed by atoms with Gasteiger partial charge in [-0.1, -0.05) is 13.8 Å². The van der Waals surface area contributed by atoms with Crippen molar-refractivity contribution < 1.29 is 23.5 Å². The summed E-state index contributed by atoms with van der Waals surface area (Å²) in [7, 11) is 0. The molecule has 0 saturated carbocycles. The first-order valence-corrected chi connectivity index (χ1v) is 7.51. The molecule has 0 bridgehead atoms. The molecule has 5 heteroatoms. The van der Waals surface area contributed by atoms with Crippen LogP contribution in [-0.4, -0.2) is 31.0 Å². The van der Waals surface area contributed by atoms with Crippen molar-refractivity contribution in [1.82, 2.24) is 0 Å². The highest BCUT2D eigenvalue weighted by Crippen LogP contribution is 2.29. The van der Waals surface area contributed by atoms with Crippen LogP contribution in [0.4, 0.5) is 4.39 Å². The van der Waals surface area contributed by atoms with Gasteiger partial charge in [0.15, 0.2) is 17.3 Å². The Morgan fingerprint density at radius 2 is 1.68 bits per heavy atom. The van der Waals surface area contributed by atoms with Crippen molar-refractivity contribution >= 4 is 11.6 Å². The fourth-order valence-electron chi connectivity index (χ4n) is 2.00. The Balaban J connectivity index is 2.97. The quantitative estimate of drug-likeness (QED) is 0.516. The van der Waals surface area contributed by atoms with Crippen molar-refractivity contribution in [2.24, 2.45) is 5.92 Å². The van der Waals surface area contributed by atoms with Crippen LogP contribution in [0.25, 0.3) is 0 Å². The summed E-state index contributed by atoms with van der Waals surface area (Å²) in [4.78, 5) is 23.8. The lowest BCUT2D eigenvalue weighted by Gasteiger charge is -2.13. The van der Waals surface area contributed by atoms with Gasteiger partial charge in [-0.2, -0.15) is 0 Å². The molecule has 4 nitrogen and oxygen atoms in total. The van der Waals surface area contributed by atoms with E-state index in [2.05, 4.69) is 0 Å². The van der Waals surface area contributed by atoms with Gasteiger partial charge in [-0.25, -0.2) is 4.39 Å². The van der Waals surface area contributed by atoms with E-state index in [4.69, 9.17) is 9.47 Å². The van der Waals surface area contributed by atoms with Crippen LogP contribution in [0.1, 0.15) is 44.5 Å². The lowest BCUT2D eigenvalue weighted by Crippen LogP contribution is -2.27. The average molecular weight is 310 g/mol. The molecule has 0 heterocycles. The first kappa shape index (κ1) is 18.1. The molecule has 22 heavy (non-hydrogen) atoms. The third-order valence-electron chi connectivity index (χ3n) is 2.95. The molecule has 1 aromatic carbocycles. The topological polar surface area (TPSA) is 52.6 Å². The van der Waals surface area contributed by atoms with Gasteiger partial charge in [-0.3, -0.25) is 9.59 Å². The number of halogens is 1. The lowest BCUT2D eigenvalue weighted by molar-refractivity contribution is -0.122. The second-order valence-corrected chi connectivity index (χ2v) is 5.32. The standard InChI is InChI=1S/C17H23FO4/c1-5-21-14-8-7-12(10-15(14)22-6-2)17(20)16(18)13(19)9-11(3)4/h7-8,10-11,16H,5-6,9H2,1-4H3. The number of rotatable bonds is 9. The van der Waals surface area contributed by atoms with Crippen molar-refractivity contribution in [3.8, 4) is 11.5 Å². The van der Waals surface area contributed by atoms with Gasteiger partial charge in [0, 0.05) is 12.0 Å². The van der Waals surface area contributed by atoms with Crippen molar-refractivity contribution in [3.05, 3.63) is 23.8 Å². The maximum absolute atomic E-state index is 14.0. The van der Waals surface area contributed by atoms with E-state index in [1.165, 1.54) is 12.1 Å². The molecular formula is C17H23FO4. The summed E-state index contributed by atoms with van der Waals surface area (Å²) < 4.78 is 24.8. The Kier molecular flexibility index (Phi) is 7.02. The van der Waals surface area contributed by atoms with Crippen molar-refractivity contribution in [2.45, 2.75) is 40.3 Å². The molecule has 1 unspecified atom stereocenters. The van der Waals surface area contributed by atoms with Gasteiger partial charge in [0.2, 0.25) is 12.0 Å². The summed E-state index contributed by atoms with van der Waals surface area (Å²) in [6.45, 7) is 8.08. The van der Waals surface area contributed by atoms with Crippen LogP contribution in [0, 0.1) is 5.92 Å². The number of carbonyl (C=O) groups is 2. The molecule has 0 aliphatic carbocycles. The van der Waals surface area contributed by atoms with E-state index in [0.29, 0.717) is 24.7 Å². The molecule has 0 aromatic heterocycles. The summed E-state index contributed by atoms with van der Waals surface area (Å²) in [6.07, 6.45) is -2.09. The van der Waals surface area contributed by atoms with Crippen molar-refractivity contribution in [2.75, 3.05) is 13.2 Å². The van der Waals surface area contributed by atoms with Crippen molar-refractivity contribution in [3.63, 3.8) is 0 Å². The minimum atomic E-state index is -2.13. The predicted molar refractivity (Wildman–Crippen MR) is 82.5 cm³/mol. The van der Waals surface area contributed by atoms with Gasteiger partial charge in [-0.05, 0) is 38.0 Å². The van der Waals surface area contributed by atoms with Crippen LogP contribution >= 0.6 is 0 Å². The molecule has 1 rings (SSSR count).